The van der Waals surface area contributed by atoms with Gasteiger partial charge in [0.05, 0.1) is 5.92 Å². The number of nitrogens with one attached hydrogen (secondary N) is 1. The second-order valence-electron chi connectivity index (χ2n) is 7.81. The standard InChI is InChI=1S/C20H39NO2/c1-6-7-8-9-10-11-12-13-14-15-16-21-19(23)17(2)18(22)20(3,4)5/h17H,6-16H2,1-5H3,(H,21,23). The van der Waals surface area contributed by atoms with E-state index in [9.17, 15) is 9.59 Å². The first kappa shape index (κ1) is 22.1. The van der Waals surface area contributed by atoms with E-state index in [4.69, 9.17) is 0 Å². The van der Waals surface area contributed by atoms with Crippen molar-refractivity contribution in [3.63, 3.8) is 0 Å². The van der Waals surface area contributed by atoms with E-state index in [-0.39, 0.29) is 11.7 Å². The molecule has 0 bridgehead atoms. The van der Waals surface area contributed by atoms with Crippen LogP contribution in [0.4, 0.5) is 0 Å². The summed E-state index contributed by atoms with van der Waals surface area (Å²) in [5, 5.41) is 2.90. The third kappa shape index (κ3) is 11.3. The van der Waals surface area contributed by atoms with E-state index in [1.54, 1.807) is 6.92 Å². The van der Waals surface area contributed by atoms with Gasteiger partial charge in [0, 0.05) is 12.0 Å². The molecule has 0 spiro atoms. The molecule has 0 saturated heterocycles. The van der Waals surface area contributed by atoms with E-state index >= 15 is 0 Å². The Labute approximate surface area is 144 Å². The average Bonchev–Trinajstić information content (AvgIpc) is 2.50. The summed E-state index contributed by atoms with van der Waals surface area (Å²) < 4.78 is 0. The van der Waals surface area contributed by atoms with Gasteiger partial charge in [0.25, 0.3) is 0 Å². The van der Waals surface area contributed by atoms with E-state index in [1.807, 2.05) is 20.8 Å². The van der Waals surface area contributed by atoms with Crippen molar-refractivity contribution in [1.29, 1.82) is 0 Å². The maximum atomic E-state index is 12.0. The Bertz CT molecular complexity index is 331. The summed E-state index contributed by atoms with van der Waals surface area (Å²) in [5.41, 5.74) is -0.451. The van der Waals surface area contributed by atoms with Crippen LogP contribution in [0.15, 0.2) is 0 Å². The van der Waals surface area contributed by atoms with Crippen molar-refractivity contribution in [3.05, 3.63) is 0 Å². The van der Waals surface area contributed by atoms with Crippen molar-refractivity contribution >= 4 is 11.7 Å². The molecule has 0 aromatic heterocycles. The SMILES string of the molecule is CCCCCCCCCCCCNC(=O)C(C)C(=O)C(C)(C)C. The quantitative estimate of drug-likeness (QED) is 0.370. The number of hydrogen-bond donors (Lipinski definition) is 1. The number of rotatable bonds is 13. The van der Waals surface area contributed by atoms with Crippen LogP contribution in [0.3, 0.4) is 0 Å². The normalized spacial score (nSPS) is 12.9. The molecule has 1 N–H and O–H groups in total. The van der Waals surface area contributed by atoms with Crippen LogP contribution in [-0.4, -0.2) is 18.2 Å². The van der Waals surface area contributed by atoms with Crippen molar-refractivity contribution in [3.8, 4) is 0 Å². The van der Waals surface area contributed by atoms with Crippen LogP contribution < -0.4 is 5.32 Å². The Morgan fingerprint density at radius 1 is 0.826 bits per heavy atom. The molecule has 0 radical (unpaired) electrons. The first-order valence-electron chi connectivity index (χ1n) is 9.62. The minimum atomic E-state index is -0.543. The highest BCUT2D eigenvalue weighted by Gasteiger charge is 2.30. The molecule has 1 atom stereocenters. The maximum absolute atomic E-state index is 12.0. The molecule has 1 unspecified atom stereocenters. The molecule has 23 heavy (non-hydrogen) atoms. The number of carbonyl (C=O) groups excluding carboxylic acids is 2. The van der Waals surface area contributed by atoms with Gasteiger partial charge in [0.2, 0.25) is 5.91 Å². The molecule has 0 aliphatic carbocycles. The first-order chi connectivity index (χ1) is 10.8. The van der Waals surface area contributed by atoms with E-state index in [0.29, 0.717) is 6.54 Å². The van der Waals surface area contributed by atoms with Gasteiger partial charge in [0.1, 0.15) is 5.78 Å². The van der Waals surface area contributed by atoms with Crippen LogP contribution in [0.5, 0.6) is 0 Å². The van der Waals surface area contributed by atoms with Gasteiger partial charge in [0.15, 0.2) is 0 Å². The summed E-state index contributed by atoms with van der Waals surface area (Å²) in [7, 11) is 0. The molecule has 0 aliphatic heterocycles. The van der Waals surface area contributed by atoms with Crippen LogP contribution in [0.25, 0.3) is 0 Å². The zero-order valence-electron chi connectivity index (χ0n) is 16.2. The Hall–Kier alpha value is -0.860. The van der Waals surface area contributed by atoms with Crippen LogP contribution in [0.1, 0.15) is 98.8 Å². The second kappa shape index (κ2) is 12.5. The van der Waals surface area contributed by atoms with Crippen molar-refractivity contribution in [2.24, 2.45) is 11.3 Å². The van der Waals surface area contributed by atoms with E-state index < -0.39 is 11.3 Å². The molecule has 0 rings (SSSR count). The minimum Gasteiger partial charge on any atom is -0.355 e. The highest BCUT2D eigenvalue weighted by Crippen LogP contribution is 2.20. The molecule has 0 fully saturated rings. The fraction of sp³-hybridized carbons (Fsp3) is 0.900. The van der Waals surface area contributed by atoms with Crippen LogP contribution in [0, 0.1) is 11.3 Å². The summed E-state index contributed by atoms with van der Waals surface area (Å²) >= 11 is 0. The number of ketones is 1. The summed E-state index contributed by atoms with van der Waals surface area (Å²) in [5.74, 6) is -0.656. The number of amides is 1. The third-order valence-corrected chi connectivity index (χ3v) is 4.36. The van der Waals surface area contributed by atoms with Gasteiger partial charge in [-0.1, -0.05) is 85.5 Å². The number of Topliss-reactive ketones (excluding diaryl/α,β-unsaturated/α-hetero) is 1. The molecule has 0 aliphatic rings. The average molecular weight is 326 g/mol. The molecule has 0 aromatic carbocycles. The molecule has 3 heteroatoms. The summed E-state index contributed by atoms with van der Waals surface area (Å²) in [6.07, 6.45) is 12.9. The van der Waals surface area contributed by atoms with Gasteiger partial charge in [-0.3, -0.25) is 9.59 Å². The minimum absolute atomic E-state index is 0.0121. The zero-order chi connectivity index (χ0) is 17.7. The predicted octanol–water partition coefficient (Wildman–Crippen LogP) is 5.27. The largest absolute Gasteiger partial charge is 0.355 e. The Kier molecular flexibility index (Phi) is 12.1. The van der Waals surface area contributed by atoms with Crippen molar-refractivity contribution in [2.75, 3.05) is 6.54 Å². The summed E-state index contributed by atoms with van der Waals surface area (Å²) in [6.45, 7) is 10.2. The lowest BCUT2D eigenvalue weighted by Gasteiger charge is -2.21. The smallest absolute Gasteiger partial charge is 0.230 e. The van der Waals surface area contributed by atoms with E-state index in [1.165, 1.54) is 51.4 Å². The van der Waals surface area contributed by atoms with Crippen LogP contribution >= 0.6 is 0 Å². The van der Waals surface area contributed by atoms with Gasteiger partial charge < -0.3 is 5.32 Å². The fourth-order valence-electron chi connectivity index (χ4n) is 2.75. The van der Waals surface area contributed by atoms with Gasteiger partial charge in [-0.2, -0.15) is 0 Å². The molecule has 0 saturated carbocycles. The third-order valence-electron chi connectivity index (χ3n) is 4.36. The lowest BCUT2D eigenvalue weighted by atomic mass is 9.83. The highest BCUT2D eigenvalue weighted by atomic mass is 16.2. The Morgan fingerprint density at radius 3 is 1.70 bits per heavy atom. The molecule has 0 heterocycles. The molecule has 136 valence electrons. The summed E-state index contributed by atoms with van der Waals surface area (Å²) in [4.78, 5) is 24.0. The Morgan fingerprint density at radius 2 is 1.26 bits per heavy atom. The van der Waals surface area contributed by atoms with Gasteiger partial charge >= 0.3 is 0 Å². The molecule has 3 nitrogen and oxygen atoms in total. The fourth-order valence-corrected chi connectivity index (χ4v) is 2.75. The van der Waals surface area contributed by atoms with Crippen LogP contribution in [0.2, 0.25) is 0 Å². The number of carbonyl (C=O) groups is 2. The second-order valence-corrected chi connectivity index (χ2v) is 7.81. The topological polar surface area (TPSA) is 46.2 Å². The van der Waals surface area contributed by atoms with Gasteiger partial charge in [-0.15, -0.1) is 0 Å². The number of hydrogen-bond acceptors (Lipinski definition) is 2. The number of unbranched alkanes of at least 4 members (excludes halogenated alkanes) is 9. The molecular formula is C20H39NO2. The predicted molar refractivity (Wildman–Crippen MR) is 98.5 cm³/mol. The lowest BCUT2D eigenvalue weighted by Crippen LogP contribution is -2.38. The molecule has 1 amide bonds. The molecule has 0 aromatic rings. The Balaban J connectivity index is 3.54. The monoisotopic (exact) mass is 325 g/mol. The maximum Gasteiger partial charge on any atom is 0.230 e. The summed E-state index contributed by atoms with van der Waals surface area (Å²) in [6, 6.07) is 0. The van der Waals surface area contributed by atoms with Gasteiger partial charge in [-0.05, 0) is 13.3 Å². The lowest BCUT2D eigenvalue weighted by molar-refractivity contribution is -0.137. The van der Waals surface area contributed by atoms with E-state index in [0.717, 1.165) is 12.8 Å². The van der Waals surface area contributed by atoms with E-state index in [2.05, 4.69) is 12.2 Å². The van der Waals surface area contributed by atoms with Crippen molar-refractivity contribution < 1.29 is 9.59 Å². The van der Waals surface area contributed by atoms with Gasteiger partial charge in [-0.25, -0.2) is 0 Å². The molecular weight excluding hydrogens is 286 g/mol. The zero-order valence-corrected chi connectivity index (χ0v) is 16.2. The van der Waals surface area contributed by atoms with Crippen molar-refractivity contribution in [1.82, 2.24) is 5.32 Å². The van der Waals surface area contributed by atoms with Crippen molar-refractivity contribution in [2.45, 2.75) is 98.8 Å². The highest BCUT2D eigenvalue weighted by molar-refractivity contribution is 6.03. The van der Waals surface area contributed by atoms with Crippen LogP contribution in [-0.2, 0) is 9.59 Å². The first-order valence-corrected chi connectivity index (χ1v) is 9.62.